The van der Waals surface area contributed by atoms with E-state index in [1.54, 1.807) is 6.07 Å². The largest absolute Gasteiger partial charge is 0.310 e. The third kappa shape index (κ3) is 2.59. The fourth-order valence-corrected chi connectivity index (χ4v) is 3.29. The monoisotopic (exact) mass is 249 g/mol. The summed E-state index contributed by atoms with van der Waals surface area (Å²) in [7, 11) is 0. The van der Waals surface area contributed by atoms with Crippen LogP contribution < -0.4 is 5.32 Å². The van der Waals surface area contributed by atoms with Gasteiger partial charge in [-0.2, -0.15) is 0 Å². The third-order valence-corrected chi connectivity index (χ3v) is 4.31. The first kappa shape index (κ1) is 13.5. The van der Waals surface area contributed by atoms with Gasteiger partial charge in [-0.25, -0.2) is 4.39 Å². The quantitative estimate of drug-likeness (QED) is 0.835. The van der Waals surface area contributed by atoms with E-state index in [9.17, 15) is 4.39 Å². The van der Waals surface area contributed by atoms with Gasteiger partial charge in [-0.1, -0.05) is 44.4 Å². The lowest BCUT2D eigenvalue weighted by Crippen LogP contribution is -2.35. The van der Waals surface area contributed by atoms with Gasteiger partial charge in [-0.15, -0.1) is 0 Å². The van der Waals surface area contributed by atoms with Crippen molar-refractivity contribution in [3.63, 3.8) is 0 Å². The molecule has 0 bridgehead atoms. The molecular weight excluding hydrogens is 225 g/mol. The highest BCUT2D eigenvalue weighted by atomic mass is 19.1. The van der Waals surface area contributed by atoms with Crippen molar-refractivity contribution in [3.8, 4) is 0 Å². The Morgan fingerprint density at radius 2 is 2.00 bits per heavy atom. The van der Waals surface area contributed by atoms with Crippen LogP contribution in [0.25, 0.3) is 0 Å². The van der Waals surface area contributed by atoms with Gasteiger partial charge in [0.1, 0.15) is 5.82 Å². The Morgan fingerprint density at radius 3 is 2.61 bits per heavy atom. The zero-order valence-electron chi connectivity index (χ0n) is 11.7. The first-order chi connectivity index (χ1) is 8.57. The highest BCUT2D eigenvalue weighted by Crippen LogP contribution is 2.47. The van der Waals surface area contributed by atoms with Crippen LogP contribution >= 0.6 is 0 Å². The second-order valence-electron chi connectivity index (χ2n) is 5.88. The van der Waals surface area contributed by atoms with Crippen LogP contribution in [0.3, 0.4) is 0 Å². The maximum atomic E-state index is 14.1. The number of rotatable bonds is 4. The molecule has 18 heavy (non-hydrogen) atoms. The molecule has 2 rings (SSSR count). The molecule has 0 aromatic heterocycles. The first-order valence-electron chi connectivity index (χ1n) is 7.06. The predicted molar refractivity (Wildman–Crippen MR) is 74.1 cm³/mol. The average Bonchev–Trinajstić information content (AvgIpc) is 2.77. The summed E-state index contributed by atoms with van der Waals surface area (Å²) >= 11 is 0. The fraction of sp³-hybridized carbons (Fsp3) is 0.625. The molecule has 1 atom stereocenters. The summed E-state index contributed by atoms with van der Waals surface area (Å²) in [6.45, 7) is 7.31. The van der Waals surface area contributed by atoms with Crippen LogP contribution in [0, 0.1) is 18.2 Å². The molecule has 0 spiro atoms. The molecule has 1 unspecified atom stereocenters. The van der Waals surface area contributed by atoms with Crippen LogP contribution in [0.4, 0.5) is 4.39 Å². The molecule has 0 radical (unpaired) electrons. The first-order valence-corrected chi connectivity index (χ1v) is 7.06. The Kier molecular flexibility index (Phi) is 4.06. The Labute approximate surface area is 110 Å². The number of aryl methyl sites for hydroxylation is 1. The molecule has 1 nitrogen and oxygen atoms in total. The lowest BCUT2D eigenvalue weighted by Gasteiger charge is -2.35. The minimum Gasteiger partial charge on any atom is -0.310 e. The number of halogens is 1. The molecule has 1 aliphatic carbocycles. The van der Waals surface area contributed by atoms with Crippen molar-refractivity contribution in [2.45, 2.75) is 52.5 Å². The molecule has 1 saturated carbocycles. The summed E-state index contributed by atoms with van der Waals surface area (Å²) < 4.78 is 14.1. The Hall–Kier alpha value is -0.890. The maximum absolute atomic E-state index is 14.1. The molecule has 0 heterocycles. The summed E-state index contributed by atoms with van der Waals surface area (Å²) in [5.74, 6) is -0.0697. The molecule has 1 aromatic rings. The minimum absolute atomic E-state index is 0.0697. The van der Waals surface area contributed by atoms with Crippen LogP contribution in [0.1, 0.15) is 56.7 Å². The number of hydrogen-bond acceptors (Lipinski definition) is 1. The third-order valence-electron chi connectivity index (χ3n) is 4.31. The summed E-state index contributed by atoms with van der Waals surface area (Å²) in [5.41, 5.74) is 2.18. The minimum atomic E-state index is -0.0697. The fourth-order valence-electron chi connectivity index (χ4n) is 3.29. The Bertz CT molecular complexity index is 408. The topological polar surface area (TPSA) is 12.0 Å². The van der Waals surface area contributed by atoms with E-state index in [2.05, 4.69) is 19.2 Å². The van der Waals surface area contributed by atoms with Gasteiger partial charge in [0.15, 0.2) is 0 Å². The van der Waals surface area contributed by atoms with Crippen LogP contribution in [0.2, 0.25) is 0 Å². The number of nitrogens with one attached hydrogen (secondary N) is 1. The van der Waals surface area contributed by atoms with Crippen molar-refractivity contribution in [1.82, 2.24) is 5.32 Å². The summed E-state index contributed by atoms with van der Waals surface area (Å²) in [6.07, 6.45) is 4.92. The smallest absolute Gasteiger partial charge is 0.128 e. The van der Waals surface area contributed by atoms with Crippen molar-refractivity contribution in [2.75, 3.05) is 6.54 Å². The highest BCUT2D eigenvalue weighted by molar-refractivity contribution is 5.28. The van der Waals surface area contributed by atoms with E-state index in [-0.39, 0.29) is 17.3 Å². The van der Waals surface area contributed by atoms with Crippen molar-refractivity contribution >= 4 is 0 Å². The Balaban J connectivity index is 2.37. The molecule has 0 amide bonds. The average molecular weight is 249 g/mol. The Morgan fingerprint density at radius 1 is 1.33 bits per heavy atom. The molecule has 2 heteroatoms. The molecule has 1 aliphatic rings. The zero-order chi connectivity index (χ0) is 13.2. The number of hydrogen-bond donors (Lipinski definition) is 1. The van der Waals surface area contributed by atoms with Gasteiger partial charge in [0.05, 0.1) is 0 Å². The van der Waals surface area contributed by atoms with Gasteiger partial charge in [0.25, 0.3) is 0 Å². The SMILES string of the molecule is CCNC(c1cc(C)ccc1F)C1(C)CCCC1. The van der Waals surface area contributed by atoms with Crippen molar-refractivity contribution in [3.05, 3.63) is 35.1 Å². The standard InChI is InChI=1S/C16H24FN/c1-4-18-15(16(3)9-5-6-10-16)13-11-12(2)7-8-14(13)17/h7-8,11,15,18H,4-6,9-10H2,1-3H3. The van der Waals surface area contributed by atoms with Crippen LogP contribution in [0.15, 0.2) is 18.2 Å². The summed E-state index contributed by atoms with van der Waals surface area (Å²) in [6, 6.07) is 5.60. The molecule has 1 aromatic carbocycles. The van der Waals surface area contributed by atoms with E-state index >= 15 is 0 Å². The van der Waals surface area contributed by atoms with E-state index in [1.165, 1.54) is 25.7 Å². The molecule has 1 N–H and O–H groups in total. The van der Waals surface area contributed by atoms with E-state index in [0.717, 1.165) is 17.7 Å². The van der Waals surface area contributed by atoms with Crippen LogP contribution in [-0.2, 0) is 0 Å². The lowest BCUT2D eigenvalue weighted by molar-refractivity contribution is 0.221. The predicted octanol–water partition coefficient (Wildman–Crippen LogP) is 4.37. The molecule has 100 valence electrons. The lowest BCUT2D eigenvalue weighted by atomic mass is 9.77. The van der Waals surface area contributed by atoms with E-state index in [0.29, 0.717) is 0 Å². The van der Waals surface area contributed by atoms with Gasteiger partial charge < -0.3 is 5.32 Å². The second kappa shape index (κ2) is 5.40. The van der Waals surface area contributed by atoms with Gasteiger partial charge >= 0.3 is 0 Å². The molecule has 0 saturated heterocycles. The van der Waals surface area contributed by atoms with Crippen LogP contribution in [0.5, 0.6) is 0 Å². The van der Waals surface area contributed by atoms with Crippen molar-refractivity contribution in [2.24, 2.45) is 5.41 Å². The van der Waals surface area contributed by atoms with Gasteiger partial charge in [-0.05, 0) is 37.8 Å². The maximum Gasteiger partial charge on any atom is 0.128 e. The van der Waals surface area contributed by atoms with Crippen molar-refractivity contribution < 1.29 is 4.39 Å². The second-order valence-corrected chi connectivity index (χ2v) is 5.88. The van der Waals surface area contributed by atoms with Gasteiger partial charge in [0.2, 0.25) is 0 Å². The zero-order valence-corrected chi connectivity index (χ0v) is 11.7. The highest BCUT2D eigenvalue weighted by Gasteiger charge is 2.38. The number of benzene rings is 1. The normalized spacial score (nSPS) is 20.0. The van der Waals surface area contributed by atoms with Crippen molar-refractivity contribution in [1.29, 1.82) is 0 Å². The van der Waals surface area contributed by atoms with E-state index in [4.69, 9.17) is 0 Å². The van der Waals surface area contributed by atoms with Gasteiger partial charge in [0, 0.05) is 11.6 Å². The summed E-state index contributed by atoms with van der Waals surface area (Å²) in [4.78, 5) is 0. The van der Waals surface area contributed by atoms with E-state index in [1.807, 2.05) is 19.1 Å². The molecule has 0 aliphatic heterocycles. The summed E-state index contributed by atoms with van der Waals surface area (Å²) in [5, 5.41) is 3.51. The van der Waals surface area contributed by atoms with Gasteiger partial charge in [-0.3, -0.25) is 0 Å². The molecular formula is C16H24FN. The van der Waals surface area contributed by atoms with E-state index < -0.39 is 0 Å². The molecule has 1 fully saturated rings. The van der Waals surface area contributed by atoms with Crippen LogP contribution in [-0.4, -0.2) is 6.54 Å².